The fraction of sp³-hybridized carbons (Fsp3) is 0.857. The van der Waals surface area contributed by atoms with E-state index in [0.717, 1.165) is 30.2 Å². The van der Waals surface area contributed by atoms with Gasteiger partial charge in [-0.3, -0.25) is 4.79 Å². The molecule has 8 heteroatoms. The molecule has 1 heterocycles. The topological polar surface area (TPSA) is 84.1 Å². The van der Waals surface area contributed by atoms with Crippen molar-refractivity contribution < 1.29 is 9.90 Å². The summed E-state index contributed by atoms with van der Waals surface area (Å²) in [6.07, 6.45) is 7.11. The van der Waals surface area contributed by atoms with E-state index < -0.39 is 0 Å². The van der Waals surface area contributed by atoms with Gasteiger partial charge in [-0.1, -0.05) is 31.0 Å². The number of carbonyl (C=O) groups excluding carboxylic acids is 1. The fourth-order valence-electron chi connectivity index (χ4n) is 2.89. The number of aliphatic hydroxyl groups excluding tert-OH is 1. The normalized spacial score (nSPS) is 15.9. The fourth-order valence-corrected chi connectivity index (χ4v) is 3.67. The Morgan fingerprint density at radius 1 is 1.41 bits per heavy atom. The van der Waals surface area contributed by atoms with Crippen LogP contribution in [0.15, 0.2) is 5.16 Å². The van der Waals surface area contributed by atoms with Crippen molar-refractivity contribution in [3.63, 3.8) is 0 Å². The third kappa shape index (κ3) is 4.95. The van der Waals surface area contributed by atoms with Crippen molar-refractivity contribution in [3.05, 3.63) is 0 Å². The molecular weight excluding hydrogens is 302 g/mol. The van der Waals surface area contributed by atoms with Crippen LogP contribution in [-0.4, -0.2) is 61.1 Å². The molecule has 1 aliphatic carbocycles. The summed E-state index contributed by atoms with van der Waals surface area (Å²) in [6.45, 7) is 0.505. The van der Waals surface area contributed by atoms with E-state index in [1.807, 2.05) is 4.90 Å². The molecule has 0 saturated heterocycles. The third-order valence-electron chi connectivity index (χ3n) is 4.02. The summed E-state index contributed by atoms with van der Waals surface area (Å²) in [6, 6.07) is 0.323. The smallest absolute Gasteiger partial charge is 0.222 e. The van der Waals surface area contributed by atoms with Crippen molar-refractivity contribution in [3.8, 4) is 0 Å². The van der Waals surface area contributed by atoms with E-state index in [2.05, 4.69) is 15.5 Å². The molecule has 7 nitrogen and oxygen atoms in total. The average Bonchev–Trinajstić information content (AvgIpc) is 2.95. The number of hydrogen-bond donors (Lipinski definition) is 1. The molecule has 0 unspecified atom stereocenters. The molecule has 1 aliphatic rings. The molecule has 0 radical (unpaired) electrons. The summed E-state index contributed by atoms with van der Waals surface area (Å²) in [7, 11) is 1.81. The molecule has 0 bridgehead atoms. The Bertz CT molecular complexity index is 462. The Morgan fingerprint density at radius 2 is 2.18 bits per heavy atom. The van der Waals surface area contributed by atoms with Crippen LogP contribution >= 0.6 is 11.8 Å². The summed E-state index contributed by atoms with van der Waals surface area (Å²) in [4.78, 5) is 14.3. The van der Waals surface area contributed by atoms with Crippen molar-refractivity contribution in [2.45, 2.75) is 56.1 Å². The molecule has 1 amide bonds. The monoisotopic (exact) mass is 327 g/mol. The number of amides is 1. The minimum absolute atomic E-state index is 0.0433. The number of thioether (sulfide) groups is 1. The second-order valence-electron chi connectivity index (χ2n) is 5.64. The minimum Gasteiger partial charge on any atom is -0.395 e. The van der Waals surface area contributed by atoms with Gasteiger partial charge in [0.15, 0.2) is 0 Å². The maximum absolute atomic E-state index is 12.4. The van der Waals surface area contributed by atoms with Gasteiger partial charge in [0, 0.05) is 31.8 Å². The Hall–Kier alpha value is -1.15. The van der Waals surface area contributed by atoms with Crippen molar-refractivity contribution in [2.75, 3.05) is 18.9 Å². The quantitative estimate of drug-likeness (QED) is 0.571. The zero-order chi connectivity index (χ0) is 15.8. The zero-order valence-electron chi connectivity index (χ0n) is 13.1. The lowest BCUT2D eigenvalue weighted by Gasteiger charge is -2.34. The number of hydrogen-bond acceptors (Lipinski definition) is 6. The maximum atomic E-state index is 12.4. The van der Waals surface area contributed by atoms with Gasteiger partial charge >= 0.3 is 0 Å². The molecule has 1 aromatic rings. The van der Waals surface area contributed by atoms with Gasteiger partial charge in [0.1, 0.15) is 0 Å². The largest absolute Gasteiger partial charge is 0.395 e. The van der Waals surface area contributed by atoms with Crippen LogP contribution in [0.3, 0.4) is 0 Å². The van der Waals surface area contributed by atoms with Crippen LogP contribution in [0.1, 0.15) is 44.9 Å². The molecule has 124 valence electrons. The molecule has 1 N–H and O–H groups in total. The first-order valence-electron chi connectivity index (χ1n) is 7.98. The highest BCUT2D eigenvalue weighted by Crippen LogP contribution is 2.23. The van der Waals surface area contributed by atoms with E-state index >= 15 is 0 Å². The first-order valence-corrected chi connectivity index (χ1v) is 8.96. The number of rotatable bonds is 8. The third-order valence-corrected chi connectivity index (χ3v) is 5.12. The number of aliphatic hydroxyl groups is 1. The Kier molecular flexibility index (Phi) is 7.11. The van der Waals surface area contributed by atoms with E-state index in [1.165, 1.54) is 19.3 Å². The first kappa shape index (κ1) is 17.2. The number of aromatic nitrogens is 4. The Morgan fingerprint density at radius 3 is 2.82 bits per heavy atom. The number of tetrazole rings is 1. The number of nitrogens with zero attached hydrogens (tertiary/aromatic N) is 5. The van der Waals surface area contributed by atoms with E-state index in [0.29, 0.717) is 19.0 Å². The van der Waals surface area contributed by atoms with Gasteiger partial charge in [-0.05, 0) is 29.7 Å². The molecule has 1 saturated carbocycles. The summed E-state index contributed by atoms with van der Waals surface area (Å²) in [5.41, 5.74) is 0. The van der Waals surface area contributed by atoms with Gasteiger partial charge in [0.05, 0.1) is 6.61 Å². The number of aryl methyl sites for hydroxylation is 1. The molecule has 22 heavy (non-hydrogen) atoms. The van der Waals surface area contributed by atoms with Crippen molar-refractivity contribution in [2.24, 2.45) is 7.05 Å². The minimum atomic E-state index is 0.0433. The first-order chi connectivity index (χ1) is 10.7. The standard InChI is InChI=1S/C14H25N5O2S/c1-18-14(15-16-17-18)22-11-5-8-13(21)19(9-10-20)12-6-3-2-4-7-12/h12,20H,2-11H2,1H3. The zero-order valence-corrected chi connectivity index (χ0v) is 14.0. The Labute approximate surface area is 135 Å². The summed E-state index contributed by atoms with van der Waals surface area (Å²) in [5.74, 6) is 0.982. The van der Waals surface area contributed by atoms with Gasteiger partial charge < -0.3 is 10.0 Å². The molecule has 2 rings (SSSR count). The highest BCUT2D eigenvalue weighted by molar-refractivity contribution is 7.99. The van der Waals surface area contributed by atoms with E-state index in [1.54, 1.807) is 23.5 Å². The molecule has 1 fully saturated rings. The lowest BCUT2D eigenvalue weighted by Crippen LogP contribution is -2.43. The van der Waals surface area contributed by atoms with Crippen molar-refractivity contribution in [1.29, 1.82) is 0 Å². The average molecular weight is 327 g/mol. The molecule has 0 spiro atoms. The van der Waals surface area contributed by atoms with Gasteiger partial charge in [0.25, 0.3) is 0 Å². The van der Waals surface area contributed by atoms with Crippen LogP contribution in [0, 0.1) is 0 Å². The van der Waals surface area contributed by atoms with Gasteiger partial charge in [0.2, 0.25) is 11.1 Å². The summed E-state index contributed by atoms with van der Waals surface area (Å²) < 4.78 is 1.63. The predicted octanol–water partition coefficient (Wildman–Crippen LogP) is 1.24. The molecule has 0 atom stereocenters. The highest BCUT2D eigenvalue weighted by atomic mass is 32.2. The maximum Gasteiger partial charge on any atom is 0.222 e. The van der Waals surface area contributed by atoms with E-state index in [9.17, 15) is 9.90 Å². The van der Waals surface area contributed by atoms with Gasteiger partial charge in [-0.25, -0.2) is 4.68 Å². The molecule has 0 aliphatic heterocycles. The second-order valence-corrected chi connectivity index (χ2v) is 6.70. The SMILES string of the molecule is Cn1nnnc1SCCCC(=O)N(CCO)C1CCCCC1. The van der Waals surface area contributed by atoms with E-state index in [-0.39, 0.29) is 12.5 Å². The van der Waals surface area contributed by atoms with E-state index in [4.69, 9.17) is 0 Å². The van der Waals surface area contributed by atoms with Gasteiger partial charge in [-0.15, -0.1) is 5.10 Å². The van der Waals surface area contributed by atoms with Crippen LogP contribution in [0.4, 0.5) is 0 Å². The van der Waals surface area contributed by atoms with Crippen LogP contribution in [0.25, 0.3) is 0 Å². The second kappa shape index (κ2) is 9.09. The lowest BCUT2D eigenvalue weighted by atomic mass is 9.94. The van der Waals surface area contributed by atoms with Crippen molar-refractivity contribution in [1.82, 2.24) is 25.1 Å². The lowest BCUT2D eigenvalue weighted by molar-refractivity contribution is -0.134. The van der Waals surface area contributed by atoms with Crippen molar-refractivity contribution >= 4 is 17.7 Å². The molecular formula is C14H25N5O2S. The highest BCUT2D eigenvalue weighted by Gasteiger charge is 2.24. The Balaban J connectivity index is 1.74. The number of carbonyl (C=O) groups is 1. The van der Waals surface area contributed by atoms with Crippen LogP contribution in [0.5, 0.6) is 0 Å². The predicted molar refractivity (Wildman–Crippen MR) is 84.4 cm³/mol. The molecule has 0 aromatic carbocycles. The van der Waals surface area contributed by atoms with Crippen LogP contribution < -0.4 is 0 Å². The summed E-state index contributed by atoms with van der Waals surface area (Å²) in [5, 5.41) is 21.3. The van der Waals surface area contributed by atoms with Crippen LogP contribution in [0.2, 0.25) is 0 Å². The molecule has 1 aromatic heterocycles. The van der Waals surface area contributed by atoms with Gasteiger partial charge in [-0.2, -0.15) is 0 Å². The van der Waals surface area contributed by atoms with Crippen LogP contribution in [-0.2, 0) is 11.8 Å². The summed E-state index contributed by atoms with van der Waals surface area (Å²) >= 11 is 1.56.